The maximum absolute atomic E-state index is 11.9. The summed E-state index contributed by atoms with van der Waals surface area (Å²) in [6.07, 6.45) is 0. The van der Waals surface area contributed by atoms with E-state index in [1.165, 1.54) is 35.1 Å². The van der Waals surface area contributed by atoms with Gasteiger partial charge in [0, 0.05) is 5.75 Å². The molecule has 7 nitrogen and oxygen atoms in total. The Hall–Kier alpha value is -1.45. The molecule has 1 atom stereocenters. The van der Waals surface area contributed by atoms with E-state index in [0.29, 0.717) is 12.3 Å². The normalized spacial score (nSPS) is 19.1. The number of likely N-dealkylation sites (tertiary alicyclic amines) is 1. The van der Waals surface area contributed by atoms with Crippen molar-refractivity contribution in [3.63, 3.8) is 0 Å². The fourth-order valence-corrected chi connectivity index (χ4v) is 3.61. The number of ether oxygens (including phenoxy) is 1. The molecule has 0 bridgehead atoms. The van der Waals surface area contributed by atoms with E-state index in [2.05, 4.69) is 10.2 Å². The van der Waals surface area contributed by atoms with Gasteiger partial charge in [0.1, 0.15) is 16.7 Å². The number of nitrogens with two attached hydrogens (primary N) is 1. The van der Waals surface area contributed by atoms with Crippen LogP contribution in [0.2, 0.25) is 0 Å². The Kier molecular flexibility index (Phi) is 4.96. The van der Waals surface area contributed by atoms with Crippen LogP contribution in [-0.2, 0) is 14.3 Å². The molecule has 1 saturated heterocycles. The topological polar surface area (TPSA) is 98.4 Å². The molecule has 1 aromatic heterocycles. The molecule has 1 amide bonds. The minimum absolute atomic E-state index is 0.258. The fourth-order valence-electron chi connectivity index (χ4n) is 1.84. The number of aryl methyl sites for hydroxylation is 1. The van der Waals surface area contributed by atoms with E-state index in [0.717, 1.165) is 14.9 Å². The quantitative estimate of drug-likeness (QED) is 0.365. The lowest BCUT2D eigenvalue weighted by atomic mass is 10.1. The van der Waals surface area contributed by atoms with Gasteiger partial charge in [-0.25, -0.2) is 4.79 Å². The Morgan fingerprint density at radius 1 is 1.57 bits per heavy atom. The summed E-state index contributed by atoms with van der Waals surface area (Å²) in [5.41, 5.74) is 6.60. The number of thioether (sulfide) groups is 1. The second-order valence-electron chi connectivity index (χ2n) is 4.55. The smallest absolute Gasteiger partial charge is 0.354 e. The molecule has 0 radical (unpaired) electrons. The lowest BCUT2D eigenvalue weighted by molar-refractivity contribution is -0.147. The summed E-state index contributed by atoms with van der Waals surface area (Å²) in [6, 6.07) is -0.532. The van der Waals surface area contributed by atoms with Gasteiger partial charge in [-0.1, -0.05) is 23.1 Å². The van der Waals surface area contributed by atoms with Crippen LogP contribution in [0.5, 0.6) is 0 Å². The molecule has 1 fully saturated rings. The van der Waals surface area contributed by atoms with Gasteiger partial charge in [-0.15, -0.1) is 10.2 Å². The molecule has 0 aromatic carbocycles. The maximum Gasteiger partial charge on any atom is 0.354 e. The van der Waals surface area contributed by atoms with E-state index < -0.39 is 12.0 Å². The van der Waals surface area contributed by atoms with Crippen molar-refractivity contribution in [2.45, 2.75) is 24.2 Å². The average Bonchev–Trinajstić information content (AvgIpc) is 2.89. The zero-order valence-electron chi connectivity index (χ0n) is 12.0. The molecule has 0 saturated carbocycles. The number of β-lactam (4-membered cyclic amide) rings is 1. The number of carbonyl (C=O) groups is 2. The first kappa shape index (κ1) is 15.9. The van der Waals surface area contributed by atoms with Gasteiger partial charge in [0.25, 0.3) is 0 Å². The fraction of sp³-hybridized carbons (Fsp3) is 0.500. The molecular formula is C12H16N4O3S2. The number of hydrogen-bond donors (Lipinski definition) is 1. The number of carbonyl (C=O) groups excluding carboxylic acids is 2. The van der Waals surface area contributed by atoms with Crippen LogP contribution in [0.1, 0.15) is 11.9 Å². The Morgan fingerprint density at radius 2 is 2.29 bits per heavy atom. The molecule has 1 aliphatic heterocycles. The molecule has 1 aliphatic rings. The van der Waals surface area contributed by atoms with Gasteiger partial charge in [-0.2, -0.15) is 0 Å². The molecule has 1 aromatic rings. The van der Waals surface area contributed by atoms with Crippen LogP contribution in [0.3, 0.4) is 0 Å². The molecule has 2 rings (SSSR count). The van der Waals surface area contributed by atoms with E-state index >= 15 is 0 Å². The highest BCUT2D eigenvalue weighted by molar-refractivity contribution is 8.01. The van der Waals surface area contributed by atoms with Gasteiger partial charge in [-0.3, -0.25) is 4.79 Å². The summed E-state index contributed by atoms with van der Waals surface area (Å²) in [5.74, 6) is -0.258. The molecule has 0 spiro atoms. The first-order chi connectivity index (χ1) is 9.93. The number of hydrogen-bond acceptors (Lipinski definition) is 8. The molecule has 2 heterocycles. The van der Waals surface area contributed by atoms with Crippen LogP contribution < -0.4 is 5.73 Å². The lowest BCUT2D eigenvalue weighted by Gasteiger charge is -2.37. The number of nitrogens with zero attached hydrogens (tertiary/aromatic N) is 3. The lowest BCUT2D eigenvalue weighted by Crippen LogP contribution is -2.61. The van der Waals surface area contributed by atoms with E-state index in [1.807, 2.05) is 6.92 Å². The minimum atomic E-state index is -0.532. The van der Waals surface area contributed by atoms with Crippen LogP contribution in [0.15, 0.2) is 15.6 Å². The summed E-state index contributed by atoms with van der Waals surface area (Å²) >= 11 is 2.96. The third-order valence-corrected chi connectivity index (χ3v) is 5.08. The number of methoxy groups -OCH3 is 1. The first-order valence-electron chi connectivity index (χ1n) is 6.22. The number of esters is 1. The minimum Gasteiger partial charge on any atom is -0.464 e. The molecule has 0 aliphatic carbocycles. The summed E-state index contributed by atoms with van der Waals surface area (Å²) in [7, 11) is 1.29. The van der Waals surface area contributed by atoms with Crippen LogP contribution in [0, 0.1) is 6.92 Å². The molecule has 21 heavy (non-hydrogen) atoms. The Morgan fingerprint density at radius 3 is 2.76 bits per heavy atom. The van der Waals surface area contributed by atoms with Crippen molar-refractivity contribution in [2.24, 2.45) is 5.73 Å². The summed E-state index contributed by atoms with van der Waals surface area (Å²) in [6.45, 7) is 4.01. The summed E-state index contributed by atoms with van der Waals surface area (Å²) in [4.78, 5) is 25.0. The van der Waals surface area contributed by atoms with Crippen molar-refractivity contribution >= 4 is 35.0 Å². The predicted octanol–water partition coefficient (Wildman–Crippen LogP) is 0.555. The van der Waals surface area contributed by atoms with Crippen LogP contribution >= 0.6 is 23.1 Å². The second-order valence-corrected chi connectivity index (χ2v) is 6.96. The number of aromatic nitrogens is 2. The largest absolute Gasteiger partial charge is 0.464 e. The molecule has 114 valence electrons. The second kappa shape index (κ2) is 6.54. The van der Waals surface area contributed by atoms with Crippen molar-refractivity contribution in [3.8, 4) is 0 Å². The van der Waals surface area contributed by atoms with Gasteiger partial charge in [0.15, 0.2) is 4.34 Å². The summed E-state index contributed by atoms with van der Waals surface area (Å²) in [5, 5.41) is 8.83. The SMILES string of the molecule is COC(=O)/C(=C(\C)CSc1nnc(C)s1)N1CC(N)C1=O. The highest BCUT2D eigenvalue weighted by Crippen LogP contribution is 2.27. The maximum atomic E-state index is 11.9. The van der Waals surface area contributed by atoms with E-state index in [1.54, 1.807) is 6.92 Å². The van der Waals surface area contributed by atoms with E-state index in [9.17, 15) is 9.59 Å². The van der Waals surface area contributed by atoms with Crippen LogP contribution in [-0.4, -0.2) is 52.4 Å². The highest BCUT2D eigenvalue weighted by Gasteiger charge is 2.39. The molecule has 1 unspecified atom stereocenters. The molecule has 2 N–H and O–H groups in total. The predicted molar refractivity (Wildman–Crippen MR) is 79.8 cm³/mol. The number of rotatable bonds is 5. The van der Waals surface area contributed by atoms with Crippen molar-refractivity contribution in [1.29, 1.82) is 0 Å². The zero-order valence-corrected chi connectivity index (χ0v) is 13.6. The molecular weight excluding hydrogens is 312 g/mol. The van der Waals surface area contributed by atoms with Gasteiger partial charge >= 0.3 is 5.97 Å². The standard InChI is InChI=1S/C12H16N4O3S2/c1-6(5-20-12-15-14-7(2)21-12)9(11(18)19-3)16-4-8(13)10(16)17/h8H,4-5,13H2,1-3H3/b9-6-. The zero-order chi connectivity index (χ0) is 15.6. The van der Waals surface area contributed by atoms with Crippen molar-refractivity contribution in [2.75, 3.05) is 19.4 Å². The Bertz CT molecular complexity index is 599. The average molecular weight is 328 g/mol. The van der Waals surface area contributed by atoms with Gasteiger partial charge in [-0.05, 0) is 19.4 Å². The van der Waals surface area contributed by atoms with Crippen LogP contribution in [0.25, 0.3) is 0 Å². The van der Waals surface area contributed by atoms with E-state index in [-0.39, 0.29) is 11.6 Å². The van der Waals surface area contributed by atoms with Crippen molar-refractivity contribution in [3.05, 3.63) is 16.3 Å². The van der Waals surface area contributed by atoms with Gasteiger partial charge in [0.2, 0.25) is 5.91 Å². The first-order valence-corrected chi connectivity index (χ1v) is 8.02. The van der Waals surface area contributed by atoms with E-state index in [4.69, 9.17) is 10.5 Å². The third-order valence-electron chi connectivity index (χ3n) is 2.94. The highest BCUT2D eigenvalue weighted by atomic mass is 32.2. The van der Waals surface area contributed by atoms with Gasteiger partial charge in [0.05, 0.1) is 13.7 Å². The monoisotopic (exact) mass is 328 g/mol. The summed E-state index contributed by atoms with van der Waals surface area (Å²) < 4.78 is 5.59. The molecule has 9 heteroatoms. The van der Waals surface area contributed by atoms with Crippen LogP contribution in [0.4, 0.5) is 0 Å². The number of amides is 1. The van der Waals surface area contributed by atoms with Crippen molar-refractivity contribution < 1.29 is 14.3 Å². The Labute approximate surface area is 130 Å². The third kappa shape index (κ3) is 3.42. The van der Waals surface area contributed by atoms with Crippen molar-refractivity contribution in [1.82, 2.24) is 15.1 Å². The van der Waals surface area contributed by atoms with Gasteiger partial charge < -0.3 is 15.4 Å². The Balaban J connectivity index is 2.13.